The molecule has 2 rings (SSSR count). The third-order valence-electron chi connectivity index (χ3n) is 4.13. The number of hydrogen-bond acceptors (Lipinski definition) is 4. The highest BCUT2D eigenvalue weighted by Crippen LogP contribution is 2.30. The van der Waals surface area contributed by atoms with Crippen molar-refractivity contribution in [2.75, 3.05) is 13.1 Å². The zero-order chi connectivity index (χ0) is 19.5. The predicted octanol–water partition coefficient (Wildman–Crippen LogP) is 3.72. The van der Waals surface area contributed by atoms with Gasteiger partial charge in [0.1, 0.15) is 10.5 Å². The maximum Gasteiger partial charge on any atom is 0.407 e. The fourth-order valence-corrected chi connectivity index (χ4v) is 5.22. The van der Waals surface area contributed by atoms with E-state index in [1.807, 2.05) is 6.92 Å². The Hall–Kier alpha value is -1.31. The van der Waals surface area contributed by atoms with Crippen molar-refractivity contribution in [3.05, 3.63) is 28.8 Å². The predicted molar refractivity (Wildman–Crippen MR) is 102 cm³/mol. The lowest BCUT2D eigenvalue weighted by molar-refractivity contribution is 0.0512. The van der Waals surface area contributed by atoms with E-state index in [9.17, 15) is 13.2 Å². The molecule has 0 radical (unpaired) electrons. The highest BCUT2D eigenvalue weighted by molar-refractivity contribution is 7.89. The second-order valence-electron chi connectivity index (χ2n) is 7.58. The lowest BCUT2D eigenvalue weighted by Crippen LogP contribution is -2.49. The minimum absolute atomic E-state index is 0.105. The highest BCUT2D eigenvalue weighted by atomic mass is 35.5. The molecule has 1 aromatic carbocycles. The molecule has 1 atom stereocenters. The van der Waals surface area contributed by atoms with Crippen LogP contribution in [0.15, 0.2) is 23.1 Å². The second-order valence-corrected chi connectivity index (χ2v) is 9.85. The quantitative estimate of drug-likeness (QED) is 0.832. The fourth-order valence-electron chi connectivity index (χ4n) is 2.95. The number of alkyl carbamates (subject to hydrolysis) is 1. The molecule has 1 N–H and O–H groups in total. The van der Waals surface area contributed by atoms with Crippen LogP contribution in [0.3, 0.4) is 0 Å². The van der Waals surface area contributed by atoms with Crippen LogP contribution in [0.4, 0.5) is 4.79 Å². The summed E-state index contributed by atoms with van der Waals surface area (Å²) in [6.45, 7) is 7.82. The normalized spacial score (nSPS) is 19.2. The molecule has 1 aliphatic heterocycles. The highest BCUT2D eigenvalue weighted by Gasteiger charge is 2.35. The van der Waals surface area contributed by atoms with Gasteiger partial charge in [0.05, 0.1) is 5.02 Å². The molecule has 1 aliphatic rings. The van der Waals surface area contributed by atoms with Gasteiger partial charge in [0.2, 0.25) is 10.0 Å². The molecule has 1 amide bonds. The summed E-state index contributed by atoms with van der Waals surface area (Å²) >= 11 is 6.19. The van der Waals surface area contributed by atoms with Crippen molar-refractivity contribution in [2.24, 2.45) is 0 Å². The molecule has 8 heteroatoms. The number of piperidine rings is 1. The molecule has 0 aromatic heterocycles. The van der Waals surface area contributed by atoms with Crippen LogP contribution in [0, 0.1) is 6.92 Å². The Kier molecular flexibility index (Phi) is 6.58. The van der Waals surface area contributed by atoms with Gasteiger partial charge in [-0.3, -0.25) is 0 Å². The van der Waals surface area contributed by atoms with Gasteiger partial charge in [-0.1, -0.05) is 24.1 Å². The summed E-state index contributed by atoms with van der Waals surface area (Å²) in [4.78, 5) is 12.0. The van der Waals surface area contributed by atoms with Crippen molar-refractivity contribution in [1.29, 1.82) is 0 Å². The summed E-state index contributed by atoms with van der Waals surface area (Å²) in [6.07, 6.45) is 1.83. The molecule has 0 spiro atoms. The molecular formula is C18H27ClN2O4S. The Morgan fingerprint density at radius 1 is 1.35 bits per heavy atom. The van der Waals surface area contributed by atoms with Gasteiger partial charge in [0.15, 0.2) is 0 Å². The Morgan fingerprint density at radius 2 is 2.04 bits per heavy atom. The van der Waals surface area contributed by atoms with Gasteiger partial charge in [-0.05, 0) is 58.2 Å². The first-order valence-corrected chi connectivity index (χ1v) is 10.6. The van der Waals surface area contributed by atoms with E-state index in [4.69, 9.17) is 16.3 Å². The van der Waals surface area contributed by atoms with E-state index in [0.717, 1.165) is 18.4 Å². The first kappa shape index (κ1) is 21.0. The minimum atomic E-state index is -3.73. The van der Waals surface area contributed by atoms with Crippen LogP contribution in [0.25, 0.3) is 0 Å². The number of benzene rings is 1. The van der Waals surface area contributed by atoms with E-state index < -0.39 is 21.7 Å². The number of amides is 1. The standard InChI is InChI=1S/C18H27ClN2O4S/c1-13-8-9-16(15(19)11-13)26(23,24)21-10-6-5-7-14(21)12-20-17(22)25-18(2,3)4/h8-9,11,14H,5-7,10,12H2,1-4H3,(H,20,22). The maximum absolute atomic E-state index is 13.1. The van der Waals surface area contributed by atoms with Crippen molar-refractivity contribution in [3.63, 3.8) is 0 Å². The zero-order valence-electron chi connectivity index (χ0n) is 15.7. The van der Waals surface area contributed by atoms with E-state index in [1.54, 1.807) is 39.0 Å². The largest absolute Gasteiger partial charge is 0.444 e. The van der Waals surface area contributed by atoms with Gasteiger partial charge in [-0.25, -0.2) is 13.2 Å². The molecule has 0 saturated carbocycles. The Balaban J connectivity index is 2.16. The lowest BCUT2D eigenvalue weighted by atomic mass is 10.1. The number of hydrogen-bond donors (Lipinski definition) is 1. The maximum atomic E-state index is 13.1. The molecule has 1 aromatic rings. The van der Waals surface area contributed by atoms with Gasteiger partial charge in [0.25, 0.3) is 0 Å². The van der Waals surface area contributed by atoms with Crippen LogP contribution in [0.2, 0.25) is 5.02 Å². The number of carbonyl (C=O) groups is 1. The van der Waals surface area contributed by atoms with E-state index in [-0.39, 0.29) is 22.5 Å². The molecule has 26 heavy (non-hydrogen) atoms. The van der Waals surface area contributed by atoms with Crippen LogP contribution in [0.1, 0.15) is 45.6 Å². The molecule has 1 unspecified atom stereocenters. The summed E-state index contributed by atoms with van der Waals surface area (Å²) < 4.78 is 32.9. The number of sulfonamides is 1. The summed E-state index contributed by atoms with van der Waals surface area (Å²) in [5.74, 6) is 0. The Labute approximate surface area is 160 Å². The number of nitrogens with one attached hydrogen (secondary N) is 1. The number of carbonyl (C=O) groups excluding carboxylic acids is 1. The number of rotatable bonds is 4. The van der Waals surface area contributed by atoms with Gasteiger partial charge in [-0.15, -0.1) is 0 Å². The monoisotopic (exact) mass is 402 g/mol. The van der Waals surface area contributed by atoms with E-state index in [0.29, 0.717) is 13.0 Å². The molecule has 6 nitrogen and oxygen atoms in total. The zero-order valence-corrected chi connectivity index (χ0v) is 17.3. The molecule has 0 aliphatic carbocycles. The van der Waals surface area contributed by atoms with E-state index >= 15 is 0 Å². The van der Waals surface area contributed by atoms with Gasteiger partial charge in [0, 0.05) is 19.1 Å². The number of halogens is 1. The van der Waals surface area contributed by atoms with Crippen LogP contribution in [-0.2, 0) is 14.8 Å². The SMILES string of the molecule is Cc1ccc(S(=O)(=O)N2CCCCC2CNC(=O)OC(C)(C)C)c(Cl)c1. The molecule has 0 bridgehead atoms. The molecule has 1 saturated heterocycles. The Bertz CT molecular complexity index is 759. The van der Waals surface area contributed by atoms with Gasteiger partial charge in [-0.2, -0.15) is 4.31 Å². The summed E-state index contributed by atoms with van der Waals surface area (Å²) in [6, 6.07) is 4.60. The number of ether oxygens (including phenoxy) is 1. The first-order valence-electron chi connectivity index (χ1n) is 8.75. The van der Waals surface area contributed by atoms with Crippen molar-refractivity contribution in [2.45, 2.75) is 63.5 Å². The summed E-state index contributed by atoms with van der Waals surface area (Å²) in [7, 11) is -3.73. The van der Waals surface area contributed by atoms with Crippen molar-refractivity contribution in [3.8, 4) is 0 Å². The third-order valence-corrected chi connectivity index (χ3v) is 6.56. The third kappa shape index (κ3) is 5.34. The van der Waals surface area contributed by atoms with E-state index in [1.165, 1.54) is 4.31 Å². The van der Waals surface area contributed by atoms with Crippen molar-refractivity contribution in [1.82, 2.24) is 9.62 Å². The lowest BCUT2D eigenvalue weighted by Gasteiger charge is -2.35. The fraction of sp³-hybridized carbons (Fsp3) is 0.611. The second kappa shape index (κ2) is 8.15. The van der Waals surface area contributed by atoms with Gasteiger partial charge >= 0.3 is 6.09 Å². The average molecular weight is 403 g/mol. The van der Waals surface area contributed by atoms with E-state index in [2.05, 4.69) is 5.32 Å². The molecule has 1 heterocycles. The van der Waals surface area contributed by atoms with Gasteiger partial charge < -0.3 is 10.1 Å². The average Bonchev–Trinajstić information content (AvgIpc) is 2.51. The van der Waals surface area contributed by atoms with Crippen LogP contribution >= 0.6 is 11.6 Å². The van der Waals surface area contributed by atoms with Crippen LogP contribution in [0.5, 0.6) is 0 Å². The number of nitrogens with zero attached hydrogens (tertiary/aromatic N) is 1. The topological polar surface area (TPSA) is 75.7 Å². The number of aryl methyl sites for hydroxylation is 1. The molecule has 146 valence electrons. The Morgan fingerprint density at radius 3 is 2.65 bits per heavy atom. The summed E-state index contributed by atoms with van der Waals surface area (Å²) in [5, 5.41) is 2.90. The van der Waals surface area contributed by atoms with Crippen molar-refractivity contribution < 1.29 is 17.9 Å². The minimum Gasteiger partial charge on any atom is -0.444 e. The summed E-state index contributed by atoms with van der Waals surface area (Å²) in [5.41, 5.74) is 0.299. The molecule has 1 fully saturated rings. The molecular weight excluding hydrogens is 376 g/mol. The van der Waals surface area contributed by atoms with Crippen molar-refractivity contribution >= 4 is 27.7 Å². The van der Waals surface area contributed by atoms with Crippen LogP contribution < -0.4 is 5.32 Å². The van der Waals surface area contributed by atoms with Crippen LogP contribution in [-0.4, -0.2) is 43.5 Å². The smallest absolute Gasteiger partial charge is 0.407 e. The first-order chi connectivity index (χ1) is 12.0.